The second-order valence-electron chi connectivity index (χ2n) is 5.20. The minimum atomic E-state index is -0.796. The van der Waals surface area contributed by atoms with Gasteiger partial charge in [0.1, 0.15) is 11.9 Å². The van der Waals surface area contributed by atoms with Gasteiger partial charge in [0, 0.05) is 14.1 Å². The summed E-state index contributed by atoms with van der Waals surface area (Å²) >= 11 is 0. The number of nitrogens with zero attached hydrogens (tertiary/aromatic N) is 3. The molecule has 1 aliphatic rings. The van der Waals surface area contributed by atoms with Gasteiger partial charge in [0.25, 0.3) is 0 Å². The van der Waals surface area contributed by atoms with E-state index in [0.717, 1.165) is 11.4 Å². The minimum absolute atomic E-state index is 0.00926. The molecule has 7 nitrogen and oxygen atoms in total. The summed E-state index contributed by atoms with van der Waals surface area (Å²) in [5.41, 5.74) is 0.762. The molecule has 128 valence electrons. The van der Waals surface area contributed by atoms with Crippen LogP contribution in [0.4, 0.5) is 4.79 Å². The Morgan fingerprint density at radius 1 is 1.29 bits per heavy atom. The molecule has 24 heavy (non-hydrogen) atoms. The molecule has 1 aromatic rings. The van der Waals surface area contributed by atoms with Crippen molar-refractivity contribution < 1.29 is 19.4 Å². The molecule has 2 rings (SSSR count). The molecule has 0 fully saturated rings. The fraction of sp³-hybridized carbons (Fsp3) is 0.294. The molecular weight excluding hydrogens is 310 g/mol. The molecule has 1 heterocycles. The fourth-order valence-electron chi connectivity index (χ4n) is 2.31. The first-order valence-electron chi connectivity index (χ1n) is 7.37. The number of carbonyl (C=O) groups is 1. The van der Waals surface area contributed by atoms with Gasteiger partial charge in [-0.15, -0.1) is 0 Å². The topological polar surface area (TPSA) is 74.6 Å². The number of allylic oxidation sites excluding steroid dienone is 1. The number of hydrogen-bond donors (Lipinski definition) is 1. The van der Waals surface area contributed by atoms with Crippen LogP contribution in [-0.4, -0.2) is 48.2 Å². The van der Waals surface area contributed by atoms with Crippen molar-refractivity contribution in [3.05, 3.63) is 59.6 Å². The zero-order chi connectivity index (χ0) is 17.7. The van der Waals surface area contributed by atoms with Crippen molar-refractivity contribution in [3.63, 3.8) is 0 Å². The average Bonchev–Trinajstić information content (AvgIpc) is 2.84. The summed E-state index contributed by atoms with van der Waals surface area (Å²) in [6.07, 6.45) is 1.59. The Balaban J connectivity index is 2.26. The van der Waals surface area contributed by atoms with Gasteiger partial charge in [-0.05, 0) is 24.6 Å². The summed E-state index contributed by atoms with van der Waals surface area (Å²) in [7, 11) is 4.80. The smallest absolute Gasteiger partial charge is 0.504 e. The maximum Gasteiger partial charge on any atom is 0.508 e. The standard InChI is InChI=1S/C17H21N3O4/c1-12-18-20(3)16(19(12)2)14(21)10-11-15(24-17(22)23-4)13-8-6-5-7-9-13/h5-11,15,21H,1-4H3/b11-10+,16-14+. The van der Waals surface area contributed by atoms with Crippen molar-refractivity contribution >= 4 is 12.0 Å². The normalized spacial score (nSPS) is 17.8. The highest BCUT2D eigenvalue weighted by Gasteiger charge is 2.23. The zero-order valence-electron chi connectivity index (χ0n) is 14.1. The van der Waals surface area contributed by atoms with Crippen molar-refractivity contribution in [1.82, 2.24) is 9.91 Å². The molecule has 7 heteroatoms. The van der Waals surface area contributed by atoms with Crippen molar-refractivity contribution in [2.75, 3.05) is 21.2 Å². The predicted molar refractivity (Wildman–Crippen MR) is 90.1 cm³/mol. The van der Waals surface area contributed by atoms with Crippen LogP contribution in [0.1, 0.15) is 18.6 Å². The van der Waals surface area contributed by atoms with E-state index >= 15 is 0 Å². The summed E-state index contributed by atoms with van der Waals surface area (Å²) < 4.78 is 9.79. The number of ether oxygens (including phenoxy) is 2. The van der Waals surface area contributed by atoms with Crippen LogP contribution in [-0.2, 0) is 9.47 Å². The third kappa shape index (κ3) is 3.87. The number of methoxy groups -OCH3 is 1. The van der Waals surface area contributed by atoms with Gasteiger partial charge < -0.3 is 19.5 Å². The van der Waals surface area contributed by atoms with Crippen LogP contribution in [0, 0.1) is 0 Å². The lowest BCUT2D eigenvalue weighted by Crippen LogP contribution is -2.23. The molecule has 0 saturated carbocycles. The second kappa shape index (κ2) is 7.54. The highest BCUT2D eigenvalue weighted by Crippen LogP contribution is 2.23. The molecule has 0 amide bonds. The number of rotatable bonds is 4. The van der Waals surface area contributed by atoms with Gasteiger partial charge in [-0.3, -0.25) is 0 Å². The number of hydrazone groups is 1. The van der Waals surface area contributed by atoms with Crippen LogP contribution in [0.15, 0.2) is 59.2 Å². The lowest BCUT2D eigenvalue weighted by molar-refractivity contribution is 0.0520. The molecule has 0 bridgehead atoms. The lowest BCUT2D eigenvalue weighted by atomic mass is 10.1. The largest absolute Gasteiger partial charge is 0.508 e. The van der Waals surface area contributed by atoms with Crippen LogP contribution in [0.5, 0.6) is 0 Å². The van der Waals surface area contributed by atoms with E-state index in [2.05, 4.69) is 9.84 Å². The fourth-order valence-corrected chi connectivity index (χ4v) is 2.31. The zero-order valence-corrected chi connectivity index (χ0v) is 14.1. The van der Waals surface area contributed by atoms with E-state index in [9.17, 15) is 9.90 Å². The highest BCUT2D eigenvalue weighted by atomic mass is 16.7. The average molecular weight is 331 g/mol. The maximum atomic E-state index is 11.5. The van der Waals surface area contributed by atoms with Crippen molar-refractivity contribution in [2.24, 2.45) is 5.10 Å². The van der Waals surface area contributed by atoms with Gasteiger partial charge in [0.15, 0.2) is 11.6 Å². The van der Waals surface area contributed by atoms with Crippen molar-refractivity contribution in [3.8, 4) is 0 Å². The third-order valence-corrected chi connectivity index (χ3v) is 3.58. The second-order valence-corrected chi connectivity index (χ2v) is 5.20. The van der Waals surface area contributed by atoms with E-state index in [-0.39, 0.29) is 5.76 Å². The summed E-state index contributed by atoms with van der Waals surface area (Å²) in [5, 5.41) is 16.2. The van der Waals surface area contributed by atoms with Crippen LogP contribution in [0.2, 0.25) is 0 Å². The lowest BCUT2D eigenvalue weighted by Gasteiger charge is -2.18. The number of benzene rings is 1. The molecule has 0 spiro atoms. The summed E-state index contributed by atoms with van der Waals surface area (Å²) in [6.45, 7) is 1.84. The quantitative estimate of drug-likeness (QED) is 0.675. The molecule has 0 radical (unpaired) electrons. The van der Waals surface area contributed by atoms with Crippen LogP contribution in [0.25, 0.3) is 0 Å². The molecule has 0 aromatic heterocycles. The van der Waals surface area contributed by atoms with Crippen LogP contribution >= 0.6 is 0 Å². The first kappa shape index (κ1) is 17.4. The first-order valence-corrected chi connectivity index (χ1v) is 7.37. The third-order valence-electron chi connectivity index (χ3n) is 3.58. The van der Waals surface area contributed by atoms with Gasteiger partial charge in [0.2, 0.25) is 0 Å². The Labute approximate surface area is 141 Å². The Morgan fingerprint density at radius 2 is 1.96 bits per heavy atom. The first-order chi connectivity index (χ1) is 11.4. The number of aliphatic hydroxyl groups excluding tert-OH is 1. The van der Waals surface area contributed by atoms with E-state index in [1.54, 1.807) is 30.1 Å². The summed E-state index contributed by atoms with van der Waals surface area (Å²) in [4.78, 5) is 13.2. The van der Waals surface area contributed by atoms with E-state index in [4.69, 9.17) is 4.74 Å². The van der Waals surface area contributed by atoms with E-state index in [1.807, 2.05) is 37.3 Å². The minimum Gasteiger partial charge on any atom is -0.504 e. The molecule has 1 N–H and O–H groups in total. The van der Waals surface area contributed by atoms with Crippen molar-refractivity contribution in [1.29, 1.82) is 0 Å². The Kier molecular flexibility index (Phi) is 5.47. The highest BCUT2D eigenvalue weighted by molar-refractivity contribution is 5.82. The van der Waals surface area contributed by atoms with Gasteiger partial charge in [0.05, 0.1) is 7.11 Å². The van der Waals surface area contributed by atoms with Crippen LogP contribution < -0.4 is 0 Å². The summed E-state index contributed by atoms with van der Waals surface area (Å²) in [6, 6.07) is 9.19. The summed E-state index contributed by atoms with van der Waals surface area (Å²) in [5.74, 6) is 1.31. The Bertz CT molecular complexity index is 682. The van der Waals surface area contributed by atoms with Gasteiger partial charge in [-0.1, -0.05) is 30.3 Å². The number of hydrogen-bond acceptors (Lipinski definition) is 7. The molecule has 0 aliphatic carbocycles. The molecule has 1 unspecified atom stereocenters. The Hall–Kier alpha value is -2.96. The van der Waals surface area contributed by atoms with E-state index in [0.29, 0.717) is 5.82 Å². The van der Waals surface area contributed by atoms with E-state index in [1.165, 1.54) is 13.2 Å². The van der Waals surface area contributed by atoms with E-state index < -0.39 is 12.3 Å². The maximum absolute atomic E-state index is 11.5. The predicted octanol–water partition coefficient (Wildman–Crippen LogP) is 3.00. The SMILES string of the molecule is COC(=O)OC(/C=C/C(O)=C1\N(C)N=C(C)N1C)c1ccccc1. The Morgan fingerprint density at radius 3 is 2.50 bits per heavy atom. The van der Waals surface area contributed by atoms with Crippen molar-refractivity contribution in [2.45, 2.75) is 13.0 Å². The number of aliphatic hydroxyl groups is 1. The molecule has 1 atom stereocenters. The number of amidine groups is 1. The number of carbonyl (C=O) groups excluding carboxylic acids is 1. The molecule has 1 aromatic carbocycles. The monoisotopic (exact) mass is 331 g/mol. The molecular formula is C17H21N3O4. The van der Waals surface area contributed by atoms with Gasteiger partial charge in [-0.25, -0.2) is 9.80 Å². The van der Waals surface area contributed by atoms with Crippen LogP contribution in [0.3, 0.4) is 0 Å². The van der Waals surface area contributed by atoms with Gasteiger partial charge in [-0.2, -0.15) is 5.10 Å². The molecule has 1 aliphatic heterocycles. The van der Waals surface area contributed by atoms with Gasteiger partial charge >= 0.3 is 6.16 Å². The molecule has 0 saturated heterocycles.